The van der Waals surface area contributed by atoms with Gasteiger partial charge >= 0.3 is 0 Å². The second-order valence-electron chi connectivity index (χ2n) is 33.8. The molecule has 15 aromatic rings. The predicted molar refractivity (Wildman–Crippen MR) is 502 cm³/mol. The van der Waals surface area contributed by atoms with Gasteiger partial charge in [-0.25, -0.2) is 14.4 Å². The molecule has 0 N–H and O–H groups in total. The summed E-state index contributed by atoms with van der Waals surface area (Å²) in [5, 5.41) is 7.24. The average molecular weight is 1630 g/mol. The Morgan fingerprint density at radius 3 is 1.12 bits per heavy atom. The smallest absolute Gasteiger partial charge is 0.147 e. The first-order chi connectivity index (χ1) is 58.6. The number of para-hydroxylation sites is 1. The number of pyridine rings is 4. The second-order valence-corrected chi connectivity index (χ2v) is 34.3. The summed E-state index contributed by atoms with van der Waals surface area (Å²) in [6.07, 6.45) is 32.7. The molecule has 16 nitrogen and oxygen atoms in total. The van der Waals surface area contributed by atoms with E-state index >= 15 is 0 Å². The Kier molecular flexibility index (Phi) is 24.8. The monoisotopic (exact) mass is 1620 g/mol. The number of fused-ring (bicyclic) bond motifs is 15. The van der Waals surface area contributed by atoms with Gasteiger partial charge in [0.1, 0.15) is 12.1 Å². The number of hydrogen-bond donors (Lipinski definition) is 0. The van der Waals surface area contributed by atoms with Crippen molar-refractivity contribution in [2.75, 3.05) is 68.0 Å². The second kappa shape index (κ2) is 36.3. The van der Waals surface area contributed by atoms with E-state index in [4.69, 9.17) is 11.6 Å². The lowest BCUT2D eigenvalue weighted by Gasteiger charge is -2.23. The summed E-state index contributed by atoms with van der Waals surface area (Å²) in [6, 6.07) is 50.3. The van der Waals surface area contributed by atoms with E-state index in [9.17, 15) is 4.39 Å². The van der Waals surface area contributed by atoms with Gasteiger partial charge in [0.2, 0.25) is 0 Å². The third-order valence-corrected chi connectivity index (χ3v) is 24.9. The molecule has 0 aliphatic carbocycles. The van der Waals surface area contributed by atoms with Crippen molar-refractivity contribution in [3.8, 4) is 0 Å². The zero-order chi connectivity index (χ0) is 84.3. The van der Waals surface area contributed by atoms with Crippen LogP contribution in [0.4, 0.5) is 4.39 Å². The summed E-state index contributed by atoms with van der Waals surface area (Å²) < 4.78 is 26.2. The summed E-state index contributed by atoms with van der Waals surface area (Å²) in [5.41, 5.74) is 36.5. The van der Waals surface area contributed by atoms with Crippen molar-refractivity contribution in [1.29, 1.82) is 0 Å². The van der Waals surface area contributed by atoms with Gasteiger partial charge in [-0.05, 0) is 279 Å². The number of rotatable bonds is 10. The van der Waals surface area contributed by atoms with Crippen LogP contribution >= 0.6 is 11.6 Å². The molecule has 0 bridgehead atoms. The summed E-state index contributed by atoms with van der Waals surface area (Å²) in [7, 11) is 10.9. The first-order valence-corrected chi connectivity index (χ1v) is 42.7. The first kappa shape index (κ1) is 82.9. The average Bonchev–Trinajstić information content (AvgIpc) is 1.61. The number of benzene rings is 5. The number of halogens is 2. The highest BCUT2D eigenvalue weighted by atomic mass is 35.5. The van der Waals surface area contributed by atoms with Crippen molar-refractivity contribution in [3.05, 3.63) is 319 Å². The van der Waals surface area contributed by atoms with Gasteiger partial charge in [-0.1, -0.05) is 70.8 Å². The largest absolute Gasteiger partial charge is 0.320 e. The van der Waals surface area contributed by atoms with Gasteiger partial charge in [0.05, 0.1) is 33.3 Å². The highest BCUT2D eigenvalue weighted by molar-refractivity contribution is 6.31. The Hall–Kier alpha value is -11.8. The fraction of sp³-hybridized carbons (Fsp3) is 0.282. The molecule has 0 spiro atoms. The molecule has 0 saturated heterocycles. The number of aryl methyl sites for hydroxylation is 4. The van der Waals surface area contributed by atoms with Gasteiger partial charge in [-0.2, -0.15) is 0 Å². The van der Waals surface area contributed by atoms with Gasteiger partial charge in [-0.15, -0.1) is 0 Å². The van der Waals surface area contributed by atoms with Crippen molar-refractivity contribution < 1.29 is 4.39 Å². The molecule has 15 heterocycles. The quantitative estimate of drug-likeness (QED) is 0.130. The van der Waals surface area contributed by atoms with E-state index < -0.39 is 0 Å². The van der Waals surface area contributed by atoms with Crippen LogP contribution in [0, 0.1) is 33.5 Å². The number of hydrogen-bond acceptors (Lipinski definition) is 11. The molecule has 5 aliphatic heterocycles. The van der Waals surface area contributed by atoms with Crippen LogP contribution in [-0.2, 0) is 64.8 Å². The highest BCUT2D eigenvalue weighted by Gasteiger charge is 2.29. The third-order valence-electron chi connectivity index (χ3n) is 24.6. The summed E-state index contributed by atoms with van der Waals surface area (Å²) in [4.78, 5) is 37.1. The molecular formula is C103H110ClFN16. The fourth-order valence-electron chi connectivity index (χ4n) is 18.1. The molecule has 18 heteroatoms. The van der Waals surface area contributed by atoms with E-state index in [1.54, 1.807) is 37.1 Å². The van der Waals surface area contributed by atoms with E-state index in [0.717, 1.165) is 136 Å². The van der Waals surface area contributed by atoms with Crippen LogP contribution in [0.15, 0.2) is 201 Å². The number of likely N-dealkylation sites (N-methyl/N-ethyl adjacent to an activating group) is 5. The summed E-state index contributed by atoms with van der Waals surface area (Å²) in [6.45, 7) is 29.5. The molecule has 0 radical (unpaired) electrons. The Morgan fingerprint density at radius 2 is 0.719 bits per heavy atom. The van der Waals surface area contributed by atoms with E-state index in [1.165, 1.54) is 150 Å². The van der Waals surface area contributed by atoms with Crippen molar-refractivity contribution in [2.45, 2.75) is 127 Å². The minimum Gasteiger partial charge on any atom is -0.320 e. The zero-order valence-electron chi connectivity index (χ0n) is 72.5. The lowest BCUT2D eigenvalue weighted by atomic mass is 10.0. The minimum absolute atomic E-state index is 0.164. The van der Waals surface area contributed by atoms with Gasteiger partial charge in [-0.3, -0.25) is 19.9 Å². The van der Waals surface area contributed by atoms with Gasteiger partial charge in [0, 0.05) is 244 Å². The fourth-order valence-corrected chi connectivity index (χ4v) is 18.2. The first-order valence-electron chi connectivity index (χ1n) is 42.3. The molecule has 0 fully saturated rings. The molecule has 0 amide bonds. The molecule has 0 unspecified atom stereocenters. The molecule has 10 aromatic heterocycles. The van der Waals surface area contributed by atoms with Gasteiger partial charge in [0.15, 0.2) is 0 Å². The lowest BCUT2D eigenvalue weighted by molar-refractivity contribution is 0.312. The number of nitrogens with zero attached hydrogens (tertiary/aromatic N) is 16. The molecule has 0 atom stereocenters. The molecule has 616 valence electrons. The van der Waals surface area contributed by atoms with Crippen LogP contribution in [0.5, 0.6) is 0 Å². The molecule has 0 saturated carbocycles. The molecule has 5 aromatic carbocycles. The van der Waals surface area contributed by atoms with Crippen LogP contribution in [0.2, 0.25) is 5.02 Å². The Morgan fingerprint density at radius 1 is 0.339 bits per heavy atom. The maximum absolute atomic E-state index is 14.6. The normalized spacial score (nSPS) is 15.7. The zero-order valence-corrected chi connectivity index (χ0v) is 73.2. The van der Waals surface area contributed by atoms with Crippen molar-refractivity contribution in [2.24, 2.45) is 0 Å². The van der Waals surface area contributed by atoms with E-state index in [0.29, 0.717) is 5.52 Å². The Bertz CT molecular complexity index is 6090. The van der Waals surface area contributed by atoms with Gasteiger partial charge < -0.3 is 47.3 Å². The minimum atomic E-state index is -0.164. The molecule has 20 rings (SSSR count). The third kappa shape index (κ3) is 17.9. The molecular weight excluding hydrogens is 1520 g/mol. The standard InChI is InChI=1S/C22H25N3.2C21H23N3.C20H20FN3.C19H19ClN4/c1-15-5-8-21-19(11-15)20-14-24(4)10-9-22(20)25(21)13-16(2)18-7-6-17(3)23-12-18;1-15-4-5-20-18(12-15)19-14-23(3)11-8-21(19)24(20)13-16(2)17-6-9-22-10-7-17;1-15-6-7-20-18(11-15)19-14-23(3)10-8-21(19)24(20)13-16(2)17-5-4-9-22-12-17;1-14(15-6-9-22-10-7-15)12-24-19-8-11-23(2)13-17(19)16-4-3-5-18(21)20(16)24;1-13(17-5-7-21-12-22-17)10-24-18-4-3-14(20)9-15(18)16-11-23(2)8-6-19(16)24/h5-8,11-13H,9-10,14H2,1-4H3;4-7,9-10,12-13H,8,11,14H2,1-3H3;4-7,9,11-13H,8,10,14H2,1-3H3;3-7,9-10,12H,8,11,13H2,1-2H3;3-5,7,9-10,12H,6,8,11H2,1-2H3/b16-13+;16-13-;16-13+;14-12+;13-10+. The van der Waals surface area contributed by atoms with Crippen molar-refractivity contribution in [1.82, 2.24) is 77.2 Å². The summed E-state index contributed by atoms with van der Waals surface area (Å²) >= 11 is 6.25. The SMILES string of the molecule is C/C(=C/n1c2c(c3cc(C)ccc31)CN(C)CC2)c1ccncc1.C/C(=C\n1c2c(c3cc(C)ccc31)CN(C)CC2)c1ccc(C)nc1.C/C(=C\n1c2c(c3cc(C)ccc31)CN(C)CC2)c1cccnc1.C/C(=C\n1c2c(c3cc(Cl)ccc31)CN(C)CC2)c1ccncn1.C/C(=C\n1c2c(c3cccc(F)c31)CN(C)CC2)c1ccncc1. The van der Waals surface area contributed by atoms with E-state index in [1.807, 2.05) is 74.3 Å². The highest BCUT2D eigenvalue weighted by Crippen LogP contribution is 2.40. The van der Waals surface area contributed by atoms with E-state index in [-0.39, 0.29) is 5.82 Å². The lowest BCUT2D eigenvalue weighted by Crippen LogP contribution is -2.26. The Balaban J connectivity index is 0.000000112. The van der Waals surface area contributed by atoms with E-state index in [2.05, 4.69) is 296 Å². The van der Waals surface area contributed by atoms with Crippen LogP contribution < -0.4 is 0 Å². The van der Waals surface area contributed by atoms with Crippen molar-refractivity contribution >= 4 is 125 Å². The van der Waals surface area contributed by atoms with Crippen LogP contribution in [-0.4, -0.2) is 145 Å². The molecule has 5 aliphatic rings. The maximum atomic E-state index is 14.6. The Labute approximate surface area is 716 Å². The van der Waals surface area contributed by atoms with Gasteiger partial charge in [0.25, 0.3) is 0 Å². The topological polar surface area (TPSA) is 118 Å². The van der Waals surface area contributed by atoms with Crippen LogP contribution in [0.25, 0.3) is 113 Å². The van der Waals surface area contributed by atoms with Crippen molar-refractivity contribution in [3.63, 3.8) is 0 Å². The van der Waals surface area contributed by atoms with Crippen LogP contribution in [0.3, 0.4) is 0 Å². The summed E-state index contributed by atoms with van der Waals surface area (Å²) in [5.74, 6) is -0.164. The van der Waals surface area contributed by atoms with Crippen LogP contribution in [0.1, 0.15) is 141 Å². The number of aromatic nitrogens is 11. The maximum Gasteiger partial charge on any atom is 0.147 e. The number of allylic oxidation sites excluding steroid dienone is 5. The predicted octanol–water partition coefficient (Wildman–Crippen LogP) is 21.6. The molecule has 121 heavy (non-hydrogen) atoms.